The predicted molar refractivity (Wildman–Crippen MR) is 74.3 cm³/mol. The van der Waals surface area contributed by atoms with Crippen molar-refractivity contribution in [3.8, 4) is 0 Å². The van der Waals surface area contributed by atoms with Crippen LogP contribution in [0.3, 0.4) is 0 Å². The number of sulfonamides is 1. The molecule has 0 spiro atoms. The minimum atomic E-state index is -3.65. The number of rotatable bonds is 6. The Balaban J connectivity index is 2.26. The Morgan fingerprint density at radius 2 is 2.25 bits per heavy atom. The van der Waals surface area contributed by atoms with Crippen molar-refractivity contribution < 1.29 is 13.5 Å². The summed E-state index contributed by atoms with van der Waals surface area (Å²) in [6.07, 6.45) is 3.81. The summed E-state index contributed by atoms with van der Waals surface area (Å²) in [6.45, 7) is 1.68. The first kappa shape index (κ1) is 14.7. The van der Waals surface area contributed by atoms with Crippen LogP contribution in [0.15, 0.2) is 41.6 Å². The number of hydrogen-bond acceptors (Lipinski definition) is 4. The maximum absolute atomic E-state index is 12.3. The molecule has 7 heteroatoms. The molecular weight excluding hydrogens is 278 g/mol. The quantitative estimate of drug-likeness (QED) is 0.749. The largest absolute Gasteiger partial charge is 0.392 e. The maximum Gasteiger partial charge on any atom is 0.241 e. The first-order valence-electron chi connectivity index (χ1n) is 6.28. The smallest absolute Gasteiger partial charge is 0.241 e. The number of imidazole rings is 1. The highest BCUT2D eigenvalue weighted by molar-refractivity contribution is 7.89. The van der Waals surface area contributed by atoms with Crippen molar-refractivity contribution in [2.75, 3.05) is 0 Å². The number of aromatic nitrogens is 2. The Hall–Kier alpha value is -1.70. The molecule has 1 aromatic heterocycles. The number of aliphatic hydroxyl groups excluding tert-OH is 1. The zero-order valence-corrected chi connectivity index (χ0v) is 11.9. The number of aliphatic hydroxyl groups is 1. The lowest BCUT2D eigenvalue weighted by Crippen LogP contribution is -2.29. The summed E-state index contributed by atoms with van der Waals surface area (Å²) in [6, 6.07) is 5.82. The molecule has 1 atom stereocenters. The lowest BCUT2D eigenvalue weighted by atomic mass is 10.2. The van der Waals surface area contributed by atoms with Gasteiger partial charge in [0.1, 0.15) is 5.82 Å². The van der Waals surface area contributed by atoms with E-state index in [2.05, 4.69) is 14.7 Å². The second-order valence-corrected chi connectivity index (χ2v) is 6.08. The average Bonchev–Trinajstić information content (AvgIpc) is 2.99. The van der Waals surface area contributed by atoms with Gasteiger partial charge in [-0.3, -0.25) is 0 Å². The van der Waals surface area contributed by atoms with Crippen molar-refractivity contribution in [1.29, 1.82) is 0 Å². The molecule has 1 unspecified atom stereocenters. The van der Waals surface area contributed by atoms with Crippen molar-refractivity contribution in [3.05, 3.63) is 48.0 Å². The summed E-state index contributed by atoms with van der Waals surface area (Å²) in [5, 5.41) is 9.08. The molecule has 2 aromatic rings. The Bertz CT molecular complexity index is 653. The van der Waals surface area contributed by atoms with Gasteiger partial charge >= 0.3 is 0 Å². The number of hydrogen-bond donors (Lipinski definition) is 3. The van der Waals surface area contributed by atoms with E-state index in [0.717, 1.165) is 0 Å². The van der Waals surface area contributed by atoms with Crippen molar-refractivity contribution in [2.45, 2.75) is 30.9 Å². The van der Waals surface area contributed by atoms with Gasteiger partial charge in [0, 0.05) is 12.4 Å². The molecule has 20 heavy (non-hydrogen) atoms. The van der Waals surface area contributed by atoms with Crippen LogP contribution in [0.25, 0.3) is 0 Å². The monoisotopic (exact) mass is 295 g/mol. The fraction of sp³-hybridized carbons (Fsp3) is 0.308. The molecule has 6 nitrogen and oxygen atoms in total. The van der Waals surface area contributed by atoms with Gasteiger partial charge in [0.2, 0.25) is 10.0 Å². The molecule has 2 rings (SSSR count). The van der Waals surface area contributed by atoms with Crippen molar-refractivity contribution >= 4 is 10.0 Å². The Kier molecular flexibility index (Phi) is 4.53. The Labute approximate surface area is 117 Å². The molecule has 0 bridgehead atoms. The molecule has 0 saturated carbocycles. The first-order valence-corrected chi connectivity index (χ1v) is 7.76. The van der Waals surface area contributed by atoms with Crippen LogP contribution in [0.1, 0.15) is 30.8 Å². The zero-order chi connectivity index (χ0) is 14.6. The van der Waals surface area contributed by atoms with Crippen LogP contribution in [0.4, 0.5) is 0 Å². The molecule has 0 aliphatic rings. The molecule has 0 saturated heterocycles. The summed E-state index contributed by atoms with van der Waals surface area (Å²) in [5.74, 6) is 0.578. The average molecular weight is 295 g/mol. The summed E-state index contributed by atoms with van der Waals surface area (Å²) in [4.78, 5) is 7.12. The molecule has 1 aromatic carbocycles. The van der Waals surface area contributed by atoms with Crippen molar-refractivity contribution in [3.63, 3.8) is 0 Å². The number of aromatic amines is 1. The van der Waals surface area contributed by atoms with E-state index in [9.17, 15) is 8.42 Å². The number of benzene rings is 1. The van der Waals surface area contributed by atoms with E-state index in [1.807, 2.05) is 6.92 Å². The minimum absolute atomic E-state index is 0.133. The van der Waals surface area contributed by atoms with Crippen molar-refractivity contribution in [2.24, 2.45) is 0 Å². The summed E-state index contributed by atoms with van der Waals surface area (Å²) < 4.78 is 27.3. The van der Waals surface area contributed by atoms with Crippen LogP contribution in [0.2, 0.25) is 0 Å². The van der Waals surface area contributed by atoms with Gasteiger partial charge in [0.05, 0.1) is 17.5 Å². The molecule has 0 amide bonds. The lowest BCUT2D eigenvalue weighted by molar-refractivity contribution is 0.281. The van der Waals surface area contributed by atoms with Crippen molar-refractivity contribution in [1.82, 2.24) is 14.7 Å². The third-order valence-corrected chi connectivity index (χ3v) is 4.42. The van der Waals surface area contributed by atoms with Crippen LogP contribution in [0.5, 0.6) is 0 Å². The summed E-state index contributed by atoms with van der Waals surface area (Å²) in [7, 11) is -3.65. The second kappa shape index (κ2) is 6.17. The maximum atomic E-state index is 12.3. The van der Waals surface area contributed by atoms with E-state index in [1.54, 1.807) is 24.5 Å². The van der Waals surface area contributed by atoms with Crippen LogP contribution in [-0.4, -0.2) is 23.5 Å². The number of nitrogens with one attached hydrogen (secondary N) is 2. The molecule has 3 N–H and O–H groups in total. The highest BCUT2D eigenvalue weighted by Gasteiger charge is 2.21. The standard InChI is InChI=1S/C13H17N3O3S/c1-2-12(13-14-6-7-15-13)16-20(18,19)11-5-3-4-10(8-11)9-17/h3-8,12,16-17H,2,9H2,1H3,(H,14,15). The van der Waals surface area contributed by atoms with Gasteiger partial charge in [-0.25, -0.2) is 18.1 Å². The topological polar surface area (TPSA) is 95.1 Å². The van der Waals surface area contributed by atoms with Gasteiger partial charge in [0.25, 0.3) is 0 Å². The molecule has 1 heterocycles. The minimum Gasteiger partial charge on any atom is -0.392 e. The highest BCUT2D eigenvalue weighted by Crippen LogP contribution is 2.18. The SMILES string of the molecule is CCC(NS(=O)(=O)c1cccc(CO)c1)c1ncc[nH]1. The van der Waals surface area contributed by atoms with Gasteiger partial charge < -0.3 is 10.1 Å². The van der Waals surface area contributed by atoms with Crippen LogP contribution < -0.4 is 4.72 Å². The summed E-state index contributed by atoms with van der Waals surface area (Å²) in [5.41, 5.74) is 0.555. The molecule has 0 aliphatic carbocycles. The predicted octanol–water partition coefficient (Wildman–Crippen LogP) is 1.33. The van der Waals surface area contributed by atoms with E-state index in [4.69, 9.17) is 5.11 Å². The molecule has 0 fully saturated rings. The number of nitrogens with zero attached hydrogens (tertiary/aromatic N) is 1. The molecule has 0 radical (unpaired) electrons. The third-order valence-electron chi connectivity index (χ3n) is 2.95. The van der Waals surface area contributed by atoms with Crippen LogP contribution >= 0.6 is 0 Å². The third kappa shape index (κ3) is 3.24. The van der Waals surface area contributed by atoms with Gasteiger partial charge in [-0.1, -0.05) is 19.1 Å². The van der Waals surface area contributed by atoms with E-state index in [-0.39, 0.29) is 11.5 Å². The molecule has 108 valence electrons. The van der Waals surface area contributed by atoms with Gasteiger partial charge in [-0.05, 0) is 24.1 Å². The van der Waals surface area contributed by atoms with E-state index in [1.165, 1.54) is 12.1 Å². The zero-order valence-electron chi connectivity index (χ0n) is 11.1. The fourth-order valence-corrected chi connectivity index (χ4v) is 3.22. The fourth-order valence-electron chi connectivity index (χ4n) is 1.87. The Morgan fingerprint density at radius 1 is 1.45 bits per heavy atom. The van der Waals surface area contributed by atoms with Crippen LogP contribution in [0, 0.1) is 0 Å². The van der Waals surface area contributed by atoms with Gasteiger partial charge in [-0.15, -0.1) is 0 Å². The molecular formula is C13H17N3O3S. The van der Waals surface area contributed by atoms with Gasteiger partial charge in [0.15, 0.2) is 0 Å². The number of H-pyrrole nitrogens is 1. The summed E-state index contributed by atoms with van der Waals surface area (Å²) >= 11 is 0. The van der Waals surface area contributed by atoms with E-state index >= 15 is 0 Å². The normalized spacial score (nSPS) is 13.3. The highest BCUT2D eigenvalue weighted by atomic mass is 32.2. The Morgan fingerprint density at radius 3 is 2.85 bits per heavy atom. The first-order chi connectivity index (χ1) is 9.56. The molecule has 0 aliphatic heterocycles. The second-order valence-electron chi connectivity index (χ2n) is 4.36. The van der Waals surface area contributed by atoms with Crippen LogP contribution in [-0.2, 0) is 16.6 Å². The van der Waals surface area contributed by atoms with Gasteiger partial charge in [-0.2, -0.15) is 0 Å². The lowest BCUT2D eigenvalue weighted by Gasteiger charge is -2.15. The van der Waals surface area contributed by atoms with E-state index < -0.39 is 16.1 Å². The van der Waals surface area contributed by atoms with E-state index in [0.29, 0.717) is 17.8 Å².